The van der Waals surface area contributed by atoms with Crippen molar-refractivity contribution in [3.05, 3.63) is 40.1 Å². The van der Waals surface area contributed by atoms with Crippen LogP contribution in [0.25, 0.3) is 0 Å². The van der Waals surface area contributed by atoms with Gasteiger partial charge in [0.05, 0.1) is 30.4 Å². The molecule has 0 amide bonds. The average Bonchev–Trinajstić information content (AvgIpc) is 2.75. The highest BCUT2D eigenvalue weighted by Gasteiger charge is 2.10. The van der Waals surface area contributed by atoms with E-state index in [0.717, 1.165) is 10.7 Å². The topological polar surface area (TPSA) is 52.1 Å². The molecule has 17 heavy (non-hydrogen) atoms. The number of rotatable bonds is 4. The van der Waals surface area contributed by atoms with Gasteiger partial charge in [0, 0.05) is 17.1 Å². The Balaban J connectivity index is 2.14. The molecular weight excluding hydrogens is 236 g/mol. The molecular formula is C12H12N2O2S. The summed E-state index contributed by atoms with van der Waals surface area (Å²) in [7, 11) is 1.55. The van der Waals surface area contributed by atoms with Crippen molar-refractivity contribution in [3.8, 4) is 5.75 Å². The Morgan fingerprint density at radius 2 is 2.29 bits per heavy atom. The highest BCUT2D eigenvalue weighted by Crippen LogP contribution is 2.14. The van der Waals surface area contributed by atoms with Gasteiger partial charge in [-0.1, -0.05) is 0 Å². The van der Waals surface area contributed by atoms with E-state index in [1.165, 1.54) is 0 Å². The smallest absolute Gasteiger partial charge is 0.170 e. The van der Waals surface area contributed by atoms with E-state index in [1.807, 2.05) is 12.3 Å². The normalized spacial score (nSPS) is 10.2. The molecule has 0 aliphatic carbocycles. The first-order valence-electron chi connectivity index (χ1n) is 5.12. The first kappa shape index (κ1) is 11.7. The van der Waals surface area contributed by atoms with Crippen LogP contribution in [0.2, 0.25) is 0 Å². The van der Waals surface area contributed by atoms with Gasteiger partial charge in [0.2, 0.25) is 0 Å². The minimum atomic E-state index is 0.00157. The van der Waals surface area contributed by atoms with Gasteiger partial charge in [0.1, 0.15) is 5.75 Å². The molecule has 0 bridgehead atoms. The Morgan fingerprint density at radius 3 is 2.94 bits per heavy atom. The Hall–Kier alpha value is -1.75. The molecule has 0 spiro atoms. The average molecular weight is 248 g/mol. The number of aryl methyl sites for hydroxylation is 1. The van der Waals surface area contributed by atoms with Crippen LogP contribution in [0.4, 0.5) is 0 Å². The molecule has 2 aromatic rings. The van der Waals surface area contributed by atoms with Crippen molar-refractivity contribution in [2.24, 2.45) is 0 Å². The second-order valence-corrected chi connectivity index (χ2v) is 4.63. The van der Waals surface area contributed by atoms with Crippen LogP contribution in [0.15, 0.2) is 23.8 Å². The van der Waals surface area contributed by atoms with Crippen LogP contribution in [0.1, 0.15) is 21.1 Å². The fourth-order valence-corrected chi connectivity index (χ4v) is 2.05. The highest BCUT2D eigenvalue weighted by molar-refractivity contribution is 7.09. The van der Waals surface area contributed by atoms with Crippen molar-refractivity contribution in [1.82, 2.24) is 9.97 Å². The summed E-state index contributed by atoms with van der Waals surface area (Å²) in [6.45, 7) is 1.92. The number of hydrogen-bond donors (Lipinski definition) is 0. The van der Waals surface area contributed by atoms with E-state index >= 15 is 0 Å². The predicted octanol–water partition coefficient (Wildman–Crippen LogP) is 2.28. The summed E-state index contributed by atoms with van der Waals surface area (Å²) >= 11 is 1.55. The number of Topliss-reactive ketones (excluding diaryl/α,β-unsaturated/α-hetero) is 1. The molecule has 0 unspecified atom stereocenters. The van der Waals surface area contributed by atoms with Crippen molar-refractivity contribution >= 4 is 17.1 Å². The van der Waals surface area contributed by atoms with Crippen LogP contribution < -0.4 is 4.74 Å². The third-order valence-electron chi connectivity index (χ3n) is 2.28. The number of ether oxygens (including phenoxy) is 1. The van der Waals surface area contributed by atoms with Gasteiger partial charge in [0.15, 0.2) is 5.78 Å². The van der Waals surface area contributed by atoms with Crippen LogP contribution >= 0.6 is 11.3 Å². The van der Waals surface area contributed by atoms with Crippen LogP contribution in [0, 0.1) is 6.92 Å². The van der Waals surface area contributed by atoms with Crippen LogP contribution in [-0.4, -0.2) is 22.9 Å². The van der Waals surface area contributed by atoms with Gasteiger partial charge in [-0.3, -0.25) is 9.78 Å². The minimum Gasteiger partial charge on any atom is -0.495 e. The van der Waals surface area contributed by atoms with Crippen molar-refractivity contribution in [3.63, 3.8) is 0 Å². The SMILES string of the molecule is COc1cncc(C(=O)Cc2csc(C)n2)c1. The monoisotopic (exact) mass is 248 g/mol. The molecule has 0 fully saturated rings. The molecule has 0 radical (unpaired) electrons. The van der Waals surface area contributed by atoms with E-state index in [1.54, 1.807) is 36.9 Å². The maximum absolute atomic E-state index is 12.0. The number of ketones is 1. The summed E-state index contributed by atoms with van der Waals surface area (Å²) in [6, 6.07) is 1.69. The second-order valence-electron chi connectivity index (χ2n) is 3.57. The molecule has 0 atom stereocenters. The van der Waals surface area contributed by atoms with Gasteiger partial charge in [-0.05, 0) is 13.0 Å². The van der Waals surface area contributed by atoms with Crippen molar-refractivity contribution in [2.75, 3.05) is 7.11 Å². The van der Waals surface area contributed by atoms with E-state index in [0.29, 0.717) is 17.7 Å². The van der Waals surface area contributed by atoms with Crippen molar-refractivity contribution in [2.45, 2.75) is 13.3 Å². The first-order chi connectivity index (χ1) is 8.19. The largest absolute Gasteiger partial charge is 0.495 e. The molecule has 0 aromatic carbocycles. The number of hydrogen-bond acceptors (Lipinski definition) is 5. The van der Waals surface area contributed by atoms with Gasteiger partial charge in [0.25, 0.3) is 0 Å². The van der Waals surface area contributed by atoms with E-state index in [9.17, 15) is 4.79 Å². The zero-order chi connectivity index (χ0) is 12.3. The lowest BCUT2D eigenvalue weighted by Crippen LogP contribution is -2.04. The summed E-state index contributed by atoms with van der Waals surface area (Å²) in [5.74, 6) is 0.590. The maximum atomic E-state index is 12.0. The standard InChI is InChI=1S/C12H12N2O2S/c1-8-14-10(7-17-8)4-12(15)9-3-11(16-2)6-13-5-9/h3,5-7H,4H2,1-2H3. The Morgan fingerprint density at radius 1 is 1.47 bits per heavy atom. The molecule has 2 rings (SSSR count). The summed E-state index contributed by atoms with van der Waals surface area (Å²) in [5, 5.41) is 2.87. The number of nitrogens with zero attached hydrogens (tertiary/aromatic N) is 2. The number of carbonyl (C=O) groups is 1. The van der Waals surface area contributed by atoms with Crippen LogP contribution in [0.3, 0.4) is 0 Å². The van der Waals surface area contributed by atoms with Gasteiger partial charge in [-0.25, -0.2) is 4.98 Å². The third kappa shape index (κ3) is 2.88. The van der Waals surface area contributed by atoms with E-state index in [-0.39, 0.29) is 5.78 Å². The lowest BCUT2D eigenvalue weighted by molar-refractivity contribution is 0.0991. The summed E-state index contributed by atoms with van der Waals surface area (Å²) in [6.07, 6.45) is 3.42. The van der Waals surface area contributed by atoms with Crippen molar-refractivity contribution < 1.29 is 9.53 Å². The molecule has 0 aliphatic rings. The molecule has 88 valence electrons. The molecule has 0 saturated heterocycles. The first-order valence-corrected chi connectivity index (χ1v) is 6.00. The lowest BCUT2D eigenvalue weighted by atomic mass is 10.1. The fourth-order valence-electron chi connectivity index (χ4n) is 1.44. The molecule has 0 N–H and O–H groups in total. The number of carbonyl (C=O) groups excluding carboxylic acids is 1. The molecule has 4 nitrogen and oxygen atoms in total. The molecule has 0 saturated carbocycles. The summed E-state index contributed by atoms with van der Waals surface area (Å²) < 4.78 is 5.03. The molecule has 5 heteroatoms. The lowest BCUT2D eigenvalue weighted by Gasteiger charge is -2.01. The van der Waals surface area contributed by atoms with E-state index in [2.05, 4.69) is 9.97 Å². The van der Waals surface area contributed by atoms with Gasteiger partial charge in [-0.15, -0.1) is 11.3 Å². The zero-order valence-corrected chi connectivity index (χ0v) is 10.5. The van der Waals surface area contributed by atoms with Gasteiger partial charge in [-0.2, -0.15) is 0 Å². The molecule has 2 aromatic heterocycles. The number of pyridine rings is 1. The summed E-state index contributed by atoms with van der Waals surface area (Å²) in [5.41, 5.74) is 1.36. The minimum absolute atomic E-state index is 0.00157. The van der Waals surface area contributed by atoms with Crippen molar-refractivity contribution in [1.29, 1.82) is 0 Å². The van der Waals surface area contributed by atoms with E-state index < -0.39 is 0 Å². The number of aromatic nitrogens is 2. The zero-order valence-electron chi connectivity index (χ0n) is 9.64. The van der Waals surface area contributed by atoms with Crippen LogP contribution in [0.5, 0.6) is 5.75 Å². The Labute approximate surface area is 103 Å². The highest BCUT2D eigenvalue weighted by atomic mass is 32.1. The van der Waals surface area contributed by atoms with E-state index in [4.69, 9.17) is 4.74 Å². The van der Waals surface area contributed by atoms with Gasteiger partial charge < -0.3 is 4.74 Å². The van der Waals surface area contributed by atoms with Crippen LogP contribution in [-0.2, 0) is 6.42 Å². The third-order valence-corrected chi connectivity index (χ3v) is 3.10. The number of methoxy groups -OCH3 is 1. The fraction of sp³-hybridized carbons (Fsp3) is 0.250. The Bertz CT molecular complexity index is 537. The molecule has 2 heterocycles. The maximum Gasteiger partial charge on any atom is 0.170 e. The Kier molecular flexibility index (Phi) is 3.49. The molecule has 0 aliphatic heterocycles. The predicted molar refractivity (Wildman–Crippen MR) is 65.7 cm³/mol. The quantitative estimate of drug-likeness (QED) is 0.779. The number of thiazole rings is 1. The summed E-state index contributed by atoms with van der Waals surface area (Å²) in [4.78, 5) is 20.2. The second kappa shape index (κ2) is 5.05. The van der Waals surface area contributed by atoms with Gasteiger partial charge >= 0.3 is 0 Å².